The second kappa shape index (κ2) is 6.83. The number of hydrogen-bond donors (Lipinski definition) is 0. The molecule has 0 aromatic heterocycles. The summed E-state index contributed by atoms with van der Waals surface area (Å²) in [6.07, 6.45) is 9.73. The average molecular weight is 263 g/mol. The van der Waals surface area contributed by atoms with E-state index >= 15 is 0 Å². The van der Waals surface area contributed by atoms with Gasteiger partial charge in [-0.2, -0.15) is 0 Å². The summed E-state index contributed by atoms with van der Waals surface area (Å²) >= 11 is 0. The number of hydrogen-bond acceptors (Lipinski definition) is 0. The highest BCUT2D eigenvalue weighted by molar-refractivity contribution is 5.36. The van der Waals surface area contributed by atoms with Gasteiger partial charge in [0.2, 0.25) is 0 Å². The predicted octanol–water partition coefficient (Wildman–Crippen LogP) is 5.58. The smallest absolute Gasteiger partial charge is 0.162 e. The molecule has 2 heteroatoms. The summed E-state index contributed by atoms with van der Waals surface area (Å²) in [6, 6.07) is 4.44. The van der Waals surface area contributed by atoms with E-state index in [-0.39, 0.29) is 0 Å². The molecule has 0 saturated heterocycles. The minimum Gasteiger partial charge on any atom is -0.204 e. The molecule has 0 amide bonds. The number of halogens is 2. The molecular formula is C17H21F2. The van der Waals surface area contributed by atoms with Crippen molar-refractivity contribution in [2.75, 3.05) is 0 Å². The molecule has 0 saturated carbocycles. The minimum absolute atomic E-state index is 0.462. The number of benzene rings is 1. The Morgan fingerprint density at radius 1 is 1.11 bits per heavy atom. The maximum Gasteiger partial charge on any atom is 0.162 e. The Kier molecular flexibility index (Phi) is 5.12. The summed E-state index contributed by atoms with van der Waals surface area (Å²) in [5.41, 5.74) is 1.94. The first-order chi connectivity index (χ1) is 9.22. The summed E-state index contributed by atoms with van der Waals surface area (Å²) in [6.45, 7) is 2.20. The van der Waals surface area contributed by atoms with Crippen molar-refractivity contribution in [3.05, 3.63) is 53.0 Å². The Bertz CT molecular complexity index is 449. The Balaban J connectivity index is 1.97. The molecule has 1 aromatic carbocycles. The van der Waals surface area contributed by atoms with Crippen molar-refractivity contribution in [3.8, 4) is 0 Å². The Morgan fingerprint density at radius 2 is 1.95 bits per heavy atom. The molecule has 1 radical (unpaired) electrons. The number of rotatable bonds is 5. The Hall–Kier alpha value is -1.18. The van der Waals surface area contributed by atoms with Gasteiger partial charge in [-0.25, -0.2) is 8.78 Å². The van der Waals surface area contributed by atoms with E-state index in [1.165, 1.54) is 30.9 Å². The van der Waals surface area contributed by atoms with Gasteiger partial charge in [-0.1, -0.05) is 43.5 Å². The van der Waals surface area contributed by atoms with Crippen molar-refractivity contribution in [2.45, 2.75) is 51.9 Å². The van der Waals surface area contributed by atoms with Crippen LogP contribution >= 0.6 is 0 Å². The fourth-order valence-corrected chi connectivity index (χ4v) is 2.63. The molecule has 1 aromatic rings. The molecule has 2 rings (SSSR count). The second-order valence-corrected chi connectivity index (χ2v) is 5.23. The maximum absolute atomic E-state index is 13.7. The van der Waals surface area contributed by atoms with E-state index in [1.54, 1.807) is 12.1 Å². The molecule has 0 unspecified atom stereocenters. The van der Waals surface area contributed by atoms with Crippen LogP contribution in [0.15, 0.2) is 29.8 Å². The average Bonchev–Trinajstić information content (AvgIpc) is 2.43. The molecule has 1 aliphatic carbocycles. The van der Waals surface area contributed by atoms with Crippen LogP contribution in [0.1, 0.15) is 57.4 Å². The van der Waals surface area contributed by atoms with Crippen LogP contribution in [-0.2, 0) is 0 Å². The minimum atomic E-state index is -0.747. The van der Waals surface area contributed by atoms with Gasteiger partial charge >= 0.3 is 0 Å². The fraction of sp³-hybridized carbons (Fsp3) is 0.471. The molecule has 19 heavy (non-hydrogen) atoms. The first kappa shape index (κ1) is 14.2. The first-order valence-electron chi connectivity index (χ1n) is 7.19. The maximum atomic E-state index is 13.7. The molecule has 1 aliphatic rings. The summed E-state index contributed by atoms with van der Waals surface area (Å²) in [4.78, 5) is 0. The van der Waals surface area contributed by atoms with E-state index < -0.39 is 11.6 Å². The van der Waals surface area contributed by atoms with E-state index in [9.17, 15) is 8.78 Å². The molecule has 0 nitrogen and oxygen atoms in total. The predicted molar refractivity (Wildman–Crippen MR) is 74.8 cm³/mol. The van der Waals surface area contributed by atoms with E-state index in [4.69, 9.17) is 0 Å². The van der Waals surface area contributed by atoms with Crippen molar-refractivity contribution in [1.29, 1.82) is 0 Å². The van der Waals surface area contributed by atoms with E-state index in [0.717, 1.165) is 31.6 Å². The van der Waals surface area contributed by atoms with Crippen LogP contribution in [0.3, 0.4) is 0 Å². The van der Waals surface area contributed by atoms with E-state index in [0.29, 0.717) is 5.56 Å². The van der Waals surface area contributed by atoms with E-state index in [2.05, 4.69) is 13.0 Å². The molecule has 0 N–H and O–H groups in total. The zero-order chi connectivity index (χ0) is 13.7. The lowest BCUT2D eigenvalue weighted by atomic mass is 9.83. The van der Waals surface area contributed by atoms with Crippen LogP contribution < -0.4 is 0 Å². The zero-order valence-electron chi connectivity index (χ0n) is 11.5. The molecule has 0 bridgehead atoms. The largest absolute Gasteiger partial charge is 0.204 e. The molecule has 103 valence electrons. The van der Waals surface area contributed by atoms with Gasteiger partial charge in [-0.05, 0) is 43.7 Å². The van der Waals surface area contributed by atoms with E-state index in [1.807, 2.05) is 0 Å². The van der Waals surface area contributed by atoms with Gasteiger partial charge in [0.15, 0.2) is 11.6 Å². The lowest BCUT2D eigenvalue weighted by Gasteiger charge is -2.22. The van der Waals surface area contributed by atoms with Crippen LogP contribution in [0.2, 0.25) is 0 Å². The Labute approximate surface area is 114 Å². The van der Waals surface area contributed by atoms with Crippen LogP contribution in [0.4, 0.5) is 8.78 Å². The zero-order valence-corrected chi connectivity index (χ0v) is 11.5. The van der Waals surface area contributed by atoms with Gasteiger partial charge in [-0.3, -0.25) is 0 Å². The highest BCUT2D eigenvalue weighted by atomic mass is 19.2. The summed E-state index contributed by atoms with van der Waals surface area (Å²) in [5.74, 6) is -0.417. The third kappa shape index (κ3) is 3.65. The highest BCUT2D eigenvalue weighted by Gasteiger charge is 2.21. The van der Waals surface area contributed by atoms with Crippen molar-refractivity contribution in [1.82, 2.24) is 0 Å². The Morgan fingerprint density at radius 3 is 2.63 bits per heavy atom. The fourth-order valence-electron chi connectivity index (χ4n) is 2.63. The molecule has 0 heterocycles. The van der Waals surface area contributed by atoms with Crippen LogP contribution in [0.5, 0.6) is 0 Å². The van der Waals surface area contributed by atoms with Crippen LogP contribution in [0.25, 0.3) is 0 Å². The topological polar surface area (TPSA) is 0 Å². The quantitative estimate of drug-likeness (QED) is 0.480. The second-order valence-electron chi connectivity index (χ2n) is 5.23. The van der Waals surface area contributed by atoms with Gasteiger partial charge in [0.1, 0.15) is 0 Å². The van der Waals surface area contributed by atoms with Gasteiger partial charge in [0, 0.05) is 5.92 Å². The normalized spacial score (nSPS) is 16.5. The van der Waals surface area contributed by atoms with Crippen molar-refractivity contribution < 1.29 is 8.78 Å². The van der Waals surface area contributed by atoms with Crippen molar-refractivity contribution in [3.63, 3.8) is 0 Å². The first-order valence-corrected chi connectivity index (χ1v) is 7.19. The standard InChI is InChI=1S/C17H21F2/c1-2-3-4-6-13-9-11-14(12-10-13)15-7-5-8-16(18)17(15)19/h5,7-9H,2-4,6,10-12H2,1H3. The van der Waals surface area contributed by atoms with Gasteiger partial charge in [0.25, 0.3) is 0 Å². The molecule has 0 fully saturated rings. The SMILES string of the molecule is CCCCCC1=CC[C](c2cccc(F)c2F)CC1. The molecule has 0 atom stereocenters. The van der Waals surface area contributed by atoms with Crippen LogP contribution in [0, 0.1) is 17.6 Å². The molecule has 0 spiro atoms. The van der Waals surface area contributed by atoms with Gasteiger partial charge in [0.05, 0.1) is 0 Å². The van der Waals surface area contributed by atoms with Gasteiger partial charge in [-0.15, -0.1) is 0 Å². The highest BCUT2D eigenvalue weighted by Crippen LogP contribution is 2.34. The molecule has 0 aliphatic heterocycles. The third-order valence-electron chi connectivity index (χ3n) is 3.82. The summed E-state index contributed by atoms with van der Waals surface area (Å²) < 4.78 is 26.9. The van der Waals surface area contributed by atoms with Crippen LogP contribution in [-0.4, -0.2) is 0 Å². The number of unbranched alkanes of at least 4 members (excludes halogenated alkanes) is 2. The monoisotopic (exact) mass is 263 g/mol. The third-order valence-corrected chi connectivity index (χ3v) is 3.82. The summed E-state index contributed by atoms with van der Waals surface area (Å²) in [5, 5.41) is 0. The lowest BCUT2D eigenvalue weighted by molar-refractivity contribution is 0.498. The van der Waals surface area contributed by atoms with Crippen molar-refractivity contribution >= 4 is 0 Å². The number of allylic oxidation sites excluding steroid dienone is 2. The lowest BCUT2D eigenvalue weighted by Crippen LogP contribution is -2.08. The van der Waals surface area contributed by atoms with Crippen molar-refractivity contribution in [2.24, 2.45) is 0 Å². The van der Waals surface area contributed by atoms with Gasteiger partial charge < -0.3 is 0 Å². The molecular weight excluding hydrogens is 242 g/mol. The summed E-state index contributed by atoms with van der Waals surface area (Å²) in [7, 11) is 0.